The van der Waals surface area contributed by atoms with Gasteiger partial charge in [-0.05, 0) is 38.3 Å². The summed E-state index contributed by atoms with van der Waals surface area (Å²) in [5, 5.41) is 3.59. The summed E-state index contributed by atoms with van der Waals surface area (Å²) in [6.07, 6.45) is 3.79. The van der Waals surface area contributed by atoms with Crippen LogP contribution in [0.15, 0.2) is 4.99 Å². The van der Waals surface area contributed by atoms with Crippen molar-refractivity contribution in [3.63, 3.8) is 0 Å². The molecular weight excluding hydrogens is 391 g/mol. The van der Waals surface area contributed by atoms with Gasteiger partial charge in [-0.1, -0.05) is 6.92 Å². The van der Waals surface area contributed by atoms with E-state index in [1.165, 1.54) is 38.9 Å². The molecule has 2 rings (SSSR count). The fourth-order valence-electron chi connectivity index (χ4n) is 3.56. The number of nitrogens with zero attached hydrogens (tertiary/aromatic N) is 3. The zero-order valence-corrected chi connectivity index (χ0v) is 16.7. The van der Waals surface area contributed by atoms with Gasteiger partial charge >= 0.3 is 0 Å². The van der Waals surface area contributed by atoms with Crippen LogP contribution >= 0.6 is 24.0 Å². The maximum Gasteiger partial charge on any atom is 0.193 e. The van der Waals surface area contributed by atoms with Crippen molar-refractivity contribution in [2.45, 2.75) is 26.2 Å². The molecule has 0 spiro atoms. The maximum absolute atomic E-state index is 5.27. The highest BCUT2D eigenvalue weighted by atomic mass is 127. The molecule has 0 amide bonds. The van der Waals surface area contributed by atoms with Crippen molar-refractivity contribution in [2.75, 3.05) is 60.0 Å². The number of nitrogens with one attached hydrogen (secondary N) is 1. The average Bonchev–Trinajstić information content (AvgIpc) is 3.11. The molecule has 5 nitrogen and oxygen atoms in total. The molecule has 6 heteroatoms. The van der Waals surface area contributed by atoms with Gasteiger partial charge in [0.2, 0.25) is 0 Å². The average molecular weight is 424 g/mol. The second kappa shape index (κ2) is 10.6. The first-order chi connectivity index (χ1) is 10.3. The summed E-state index contributed by atoms with van der Waals surface area (Å²) in [7, 11) is 3.68. The third kappa shape index (κ3) is 5.85. The number of ether oxygens (including phenoxy) is 1. The van der Waals surface area contributed by atoms with Gasteiger partial charge in [-0.15, -0.1) is 24.0 Å². The minimum atomic E-state index is 0. The lowest BCUT2D eigenvalue weighted by molar-refractivity contribution is 0.157. The van der Waals surface area contributed by atoms with E-state index in [4.69, 9.17) is 4.74 Å². The Morgan fingerprint density at radius 2 is 2.00 bits per heavy atom. The number of methoxy groups -OCH3 is 1. The molecule has 0 aromatic carbocycles. The topological polar surface area (TPSA) is 40.1 Å². The summed E-state index contributed by atoms with van der Waals surface area (Å²) >= 11 is 0. The molecule has 2 aliphatic rings. The molecule has 0 radical (unpaired) electrons. The quantitative estimate of drug-likeness (QED) is 0.402. The lowest BCUT2D eigenvalue weighted by Gasteiger charge is -2.23. The van der Waals surface area contributed by atoms with Gasteiger partial charge in [-0.3, -0.25) is 4.99 Å². The standard InChI is InChI=1S/C16H32N4O.HI/c1-4-7-19-8-5-14(11-19)10-18-16(17-2)20-9-6-15(12-20)13-21-3;/h14-15H,4-13H2,1-3H3,(H,17,18);1H. The largest absolute Gasteiger partial charge is 0.384 e. The molecule has 0 aliphatic carbocycles. The molecule has 0 aromatic rings. The van der Waals surface area contributed by atoms with Crippen molar-refractivity contribution in [2.24, 2.45) is 16.8 Å². The number of rotatable bonds is 6. The molecule has 0 saturated carbocycles. The highest BCUT2D eigenvalue weighted by Crippen LogP contribution is 2.18. The van der Waals surface area contributed by atoms with Gasteiger partial charge in [-0.2, -0.15) is 0 Å². The van der Waals surface area contributed by atoms with E-state index in [1.807, 2.05) is 7.05 Å². The predicted molar refractivity (Wildman–Crippen MR) is 103 cm³/mol. The first-order valence-electron chi connectivity index (χ1n) is 8.43. The Balaban J connectivity index is 0.00000242. The molecule has 0 bridgehead atoms. The highest BCUT2D eigenvalue weighted by Gasteiger charge is 2.26. The van der Waals surface area contributed by atoms with Crippen LogP contribution in [0.4, 0.5) is 0 Å². The van der Waals surface area contributed by atoms with Crippen molar-refractivity contribution in [3.8, 4) is 0 Å². The van der Waals surface area contributed by atoms with Gasteiger partial charge < -0.3 is 19.9 Å². The lowest BCUT2D eigenvalue weighted by atomic mass is 10.1. The SMILES string of the molecule is CCCN1CCC(CNC(=NC)N2CCC(COC)C2)C1.I. The maximum atomic E-state index is 5.27. The first-order valence-corrected chi connectivity index (χ1v) is 8.43. The molecule has 2 fully saturated rings. The van der Waals surface area contributed by atoms with E-state index in [-0.39, 0.29) is 24.0 Å². The first kappa shape index (κ1) is 20.0. The molecule has 2 saturated heterocycles. The van der Waals surface area contributed by atoms with E-state index in [0.717, 1.165) is 38.1 Å². The van der Waals surface area contributed by atoms with Crippen LogP contribution in [-0.2, 0) is 4.74 Å². The second-order valence-electron chi connectivity index (χ2n) is 6.44. The Morgan fingerprint density at radius 3 is 2.68 bits per heavy atom. The summed E-state index contributed by atoms with van der Waals surface area (Å²) in [4.78, 5) is 9.42. The smallest absolute Gasteiger partial charge is 0.193 e. The van der Waals surface area contributed by atoms with Gasteiger partial charge in [0.1, 0.15) is 0 Å². The number of halogens is 1. The zero-order chi connectivity index (χ0) is 15.1. The molecular formula is C16H33IN4O. The molecule has 2 aliphatic heterocycles. The van der Waals surface area contributed by atoms with E-state index in [0.29, 0.717) is 5.92 Å². The fraction of sp³-hybridized carbons (Fsp3) is 0.938. The van der Waals surface area contributed by atoms with E-state index < -0.39 is 0 Å². The van der Waals surface area contributed by atoms with Crippen LogP contribution in [0.25, 0.3) is 0 Å². The molecule has 2 atom stereocenters. The Morgan fingerprint density at radius 1 is 1.23 bits per heavy atom. The van der Waals surface area contributed by atoms with Crippen LogP contribution in [0.2, 0.25) is 0 Å². The highest BCUT2D eigenvalue weighted by molar-refractivity contribution is 14.0. The normalized spacial score (nSPS) is 26.3. The Hall–Kier alpha value is -0.0800. The van der Waals surface area contributed by atoms with E-state index in [1.54, 1.807) is 7.11 Å². The summed E-state index contributed by atoms with van der Waals surface area (Å²) in [5.74, 6) is 2.49. The minimum absolute atomic E-state index is 0. The Labute approximate surface area is 152 Å². The fourth-order valence-corrected chi connectivity index (χ4v) is 3.56. The Kier molecular flexibility index (Phi) is 9.66. The van der Waals surface area contributed by atoms with E-state index in [2.05, 4.69) is 27.0 Å². The molecule has 2 unspecified atom stereocenters. The molecule has 0 aromatic heterocycles. The summed E-state index contributed by atoms with van der Waals surface area (Å²) in [6.45, 7) is 10.1. The molecule has 1 N–H and O–H groups in total. The van der Waals surface area contributed by atoms with Crippen molar-refractivity contribution in [1.29, 1.82) is 0 Å². The van der Waals surface area contributed by atoms with Crippen LogP contribution < -0.4 is 5.32 Å². The second-order valence-corrected chi connectivity index (χ2v) is 6.44. The van der Waals surface area contributed by atoms with Crippen LogP contribution in [0.3, 0.4) is 0 Å². The molecule has 130 valence electrons. The van der Waals surface area contributed by atoms with Gasteiger partial charge in [-0.25, -0.2) is 0 Å². The van der Waals surface area contributed by atoms with Crippen LogP contribution in [0.5, 0.6) is 0 Å². The summed E-state index contributed by atoms with van der Waals surface area (Å²) in [5.41, 5.74) is 0. The lowest BCUT2D eigenvalue weighted by Crippen LogP contribution is -2.42. The number of hydrogen-bond acceptors (Lipinski definition) is 3. The third-order valence-electron chi connectivity index (χ3n) is 4.66. The number of aliphatic imine (C=N–C) groups is 1. The molecule has 2 heterocycles. The Bertz CT molecular complexity index is 340. The number of hydrogen-bond donors (Lipinski definition) is 1. The summed E-state index contributed by atoms with van der Waals surface area (Å²) < 4.78 is 5.27. The van der Waals surface area contributed by atoms with E-state index >= 15 is 0 Å². The molecule has 22 heavy (non-hydrogen) atoms. The van der Waals surface area contributed by atoms with Crippen molar-refractivity contribution in [1.82, 2.24) is 15.1 Å². The van der Waals surface area contributed by atoms with Gasteiger partial charge in [0.25, 0.3) is 0 Å². The van der Waals surface area contributed by atoms with E-state index in [9.17, 15) is 0 Å². The zero-order valence-electron chi connectivity index (χ0n) is 14.4. The van der Waals surface area contributed by atoms with Gasteiger partial charge in [0.15, 0.2) is 5.96 Å². The predicted octanol–water partition coefficient (Wildman–Crippen LogP) is 1.88. The minimum Gasteiger partial charge on any atom is -0.384 e. The van der Waals surface area contributed by atoms with Crippen LogP contribution in [0.1, 0.15) is 26.2 Å². The van der Waals surface area contributed by atoms with Crippen LogP contribution in [-0.4, -0.2) is 75.8 Å². The van der Waals surface area contributed by atoms with Gasteiger partial charge in [0.05, 0.1) is 6.61 Å². The monoisotopic (exact) mass is 424 g/mol. The van der Waals surface area contributed by atoms with Gasteiger partial charge in [0, 0.05) is 46.3 Å². The van der Waals surface area contributed by atoms with Crippen molar-refractivity contribution >= 4 is 29.9 Å². The number of likely N-dealkylation sites (tertiary alicyclic amines) is 2. The summed E-state index contributed by atoms with van der Waals surface area (Å²) in [6, 6.07) is 0. The van der Waals surface area contributed by atoms with Crippen molar-refractivity contribution in [3.05, 3.63) is 0 Å². The van der Waals surface area contributed by atoms with Crippen LogP contribution in [0, 0.1) is 11.8 Å². The third-order valence-corrected chi connectivity index (χ3v) is 4.66. The number of guanidine groups is 1. The van der Waals surface area contributed by atoms with Crippen molar-refractivity contribution < 1.29 is 4.74 Å².